The fourth-order valence-electron chi connectivity index (χ4n) is 2.56. The second kappa shape index (κ2) is 6.08. The van der Waals surface area contributed by atoms with Crippen molar-refractivity contribution in [1.29, 1.82) is 0 Å². The maximum Gasteiger partial charge on any atom is 0.335 e. The molecule has 0 fully saturated rings. The average molecular weight is 310 g/mol. The number of aromatic nitrogens is 3. The number of carbonyl (C=O) groups excluding carboxylic acids is 1. The quantitative estimate of drug-likeness (QED) is 0.797. The van der Waals surface area contributed by atoms with E-state index in [4.69, 9.17) is 0 Å². The van der Waals surface area contributed by atoms with E-state index in [0.717, 1.165) is 5.69 Å². The summed E-state index contributed by atoms with van der Waals surface area (Å²) in [5.74, 6) is -0.196. The van der Waals surface area contributed by atoms with Crippen LogP contribution in [0.3, 0.4) is 0 Å². The van der Waals surface area contributed by atoms with Gasteiger partial charge in [0, 0.05) is 12.2 Å². The van der Waals surface area contributed by atoms with Gasteiger partial charge in [-0.1, -0.05) is 18.2 Å². The smallest absolute Gasteiger partial charge is 0.335 e. The molecule has 0 unspecified atom stereocenters. The number of pyridine rings is 1. The van der Waals surface area contributed by atoms with E-state index >= 15 is 0 Å². The van der Waals surface area contributed by atoms with Crippen LogP contribution in [-0.2, 0) is 11.3 Å². The Morgan fingerprint density at radius 1 is 1.17 bits per heavy atom. The first-order valence-electron chi connectivity index (χ1n) is 7.49. The zero-order valence-electron chi connectivity index (χ0n) is 13.1. The Hall–Kier alpha value is -2.89. The minimum atomic E-state index is -0.274. The van der Waals surface area contributed by atoms with Crippen molar-refractivity contribution in [3.05, 3.63) is 59.1 Å². The molecule has 3 rings (SSSR count). The molecule has 0 spiro atoms. The molecule has 6 nitrogen and oxygen atoms in total. The van der Waals surface area contributed by atoms with E-state index < -0.39 is 0 Å². The summed E-state index contributed by atoms with van der Waals surface area (Å²) in [6.07, 6.45) is 1.64. The van der Waals surface area contributed by atoms with Crippen molar-refractivity contribution in [3.8, 4) is 5.69 Å². The zero-order chi connectivity index (χ0) is 16.4. The highest BCUT2D eigenvalue weighted by Gasteiger charge is 2.17. The van der Waals surface area contributed by atoms with Gasteiger partial charge in [0.25, 0.3) is 0 Å². The second-order valence-corrected chi connectivity index (χ2v) is 5.61. The van der Waals surface area contributed by atoms with Gasteiger partial charge in [-0.05, 0) is 38.1 Å². The molecule has 1 amide bonds. The SMILES string of the molecule is CC(C)NC(=O)Cn1c(=O)n(-c2ccccc2)c2ncccc21. The lowest BCUT2D eigenvalue weighted by molar-refractivity contribution is -0.122. The van der Waals surface area contributed by atoms with Crippen LogP contribution in [0.15, 0.2) is 53.5 Å². The normalized spacial score (nSPS) is 11.1. The van der Waals surface area contributed by atoms with Gasteiger partial charge in [-0.15, -0.1) is 0 Å². The molecule has 1 aromatic carbocycles. The summed E-state index contributed by atoms with van der Waals surface area (Å²) in [5, 5.41) is 2.80. The van der Waals surface area contributed by atoms with Crippen LogP contribution in [0.1, 0.15) is 13.8 Å². The van der Waals surface area contributed by atoms with Crippen LogP contribution < -0.4 is 11.0 Å². The molecule has 0 saturated heterocycles. The van der Waals surface area contributed by atoms with Crippen LogP contribution in [0.2, 0.25) is 0 Å². The van der Waals surface area contributed by atoms with E-state index in [1.54, 1.807) is 18.3 Å². The number of nitrogens with one attached hydrogen (secondary N) is 1. The van der Waals surface area contributed by atoms with E-state index in [1.807, 2.05) is 44.2 Å². The van der Waals surface area contributed by atoms with Gasteiger partial charge in [0.15, 0.2) is 5.65 Å². The predicted molar refractivity (Wildman–Crippen MR) is 88.6 cm³/mol. The fraction of sp³-hybridized carbons (Fsp3) is 0.235. The number of benzene rings is 1. The van der Waals surface area contributed by atoms with Gasteiger partial charge in [-0.3, -0.25) is 9.36 Å². The lowest BCUT2D eigenvalue weighted by Crippen LogP contribution is -2.36. The lowest BCUT2D eigenvalue weighted by atomic mass is 10.3. The first kappa shape index (κ1) is 15.0. The molecule has 118 valence electrons. The van der Waals surface area contributed by atoms with Crippen LogP contribution in [-0.4, -0.2) is 26.1 Å². The van der Waals surface area contributed by atoms with E-state index in [9.17, 15) is 9.59 Å². The Balaban J connectivity index is 2.15. The van der Waals surface area contributed by atoms with Gasteiger partial charge in [0.05, 0.1) is 11.2 Å². The van der Waals surface area contributed by atoms with E-state index in [0.29, 0.717) is 11.2 Å². The lowest BCUT2D eigenvalue weighted by Gasteiger charge is -2.08. The second-order valence-electron chi connectivity index (χ2n) is 5.61. The maximum absolute atomic E-state index is 12.8. The van der Waals surface area contributed by atoms with Gasteiger partial charge in [-0.2, -0.15) is 0 Å². The largest absolute Gasteiger partial charge is 0.352 e. The number of nitrogens with zero attached hydrogens (tertiary/aromatic N) is 3. The molecule has 1 N–H and O–H groups in total. The van der Waals surface area contributed by atoms with Crippen LogP contribution in [0.5, 0.6) is 0 Å². The Kier molecular flexibility index (Phi) is 3.97. The highest BCUT2D eigenvalue weighted by Crippen LogP contribution is 2.15. The summed E-state index contributed by atoms with van der Waals surface area (Å²) in [4.78, 5) is 29.2. The summed E-state index contributed by atoms with van der Waals surface area (Å²) in [5.41, 5.74) is 1.63. The minimum absolute atomic E-state index is 0.0267. The summed E-state index contributed by atoms with van der Waals surface area (Å²) in [6, 6.07) is 12.9. The molecule has 0 radical (unpaired) electrons. The molecule has 2 heterocycles. The number of carbonyl (C=O) groups is 1. The molecule has 0 aliphatic rings. The van der Waals surface area contributed by atoms with Crippen LogP contribution in [0.25, 0.3) is 16.9 Å². The van der Waals surface area contributed by atoms with Gasteiger partial charge in [-0.25, -0.2) is 14.3 Å². The number of imidazole rings is 1. The molecular formula is C17H18N4O2. The van der Waals surface area contributed by atoms with Gasteiger partial charge >= 0.3 is 5.69 Å². The molecule has 23 heavy (non-hydrogen) atoms. The molecular weight excluding hydrogens is 292 g/mol. The maximum atomic E-state index is 12.8. The number of fused-ring (bicyclic) bond motifs is 1. The monoisotopic (exact) mass is 310 g/mol. The molecule has 0 atom stereocenters. The molecule has 6 heteroatoms. The van der Waals surface area contributed by atoms with E-state index in [1.165, 1.54) is 9.13 Å². The van der Waals surface area contributed by atoms with Crippen molar-refractivity contribution in [2.45, 2.75) is 26.4 Å². The average Bonchev–Trinajstić information content (AvgIpc) is 2.80. The predicted octanol–water partition coefficient (Wildman–Crippen LogP) is 1.71. The van der Waals surface area contributed by atoms with E-state index in [2.05, 4.69) is 10.3 Å². The third-order valence-electron chi connectivity index (χ3n) is 3.46. The standard InChI is InChI=1S/C17H18N4O2/c1-12(2)19-15(22)11-20-14-9-6-10-18-16(14)21(17(20)23)13-7-4-3-5-8-13/h3-10,12H,11H2,1-2H3,(H,19,22). The number of rotatable bonds is 4. The Morgan fingerprint density at radius 3 is 2.61 bits per heavy atom. The Labute approximate surface area is 133 Å². The van der Waals surface area contributed by atoms with Gasteiger partial charge in [0.1, 0.15) is 6.54 Å². The Bertz CT molecular complexity index is 894. The van der Waals surface area contributed by atoms with Gasteiger partial charge < -0.3 is 5.32 Å². The van der Waals surface area contributed by atoms with Crippen molar-refractivity contribution in [2.75, 3.05) is 0 Å². The summed E-state index contributed by atoms with van der Waals surface area (Å²) >= 11 is 0. The summed E-state index contributed by atoms with van der Waals surface area (Å²) < 4.78 is 2.98. The van der Waals surface area contributed by atoms with E-state index in [-0.39, 0.29) is 24.2 Å². The Morgan fingerprint density at radius 2 is 1.91 bits per heavy atom. The summed E-state index contributed by atoms with van der Waals surface area (Å²) in [6.45, 7) is 3.74. The van der Waals surface area contributed by atoms with Crippen LogP contribution in [0, 0.1) is 0 Å². The van der Waals surface area contributed by atoms with Crippen molar-refractivity contribution in [2.24, 2.45) is 0 Å². The van der Waals surface area contributed by atoms with Crippen molar-refractivity contribution in [1.82, 2.24) is 19.4 Å². The van der Waals surface area contributed by atoms with Gasteiger partial charge in [0.2, 0.25) is 5.91 Å². The number of amides is 1. The molecule has 2 aromatic heterocycles. The topological polar surface area (TPSA) is 68.9 Å². The molecule has 0 aliphatic heterocycles. The zero-order valence-corrected chi connectivity index (χ0v) is 13.1. The third-order valence-corrected chi connectivity index (χ3v) is 3.46. The molecule has 0 aliphatic carbocycles. The molecule has 0 bridgehead atoms. The van der Waals surface area contributed by atoms with Crippen molar-refractivity contribution >= 4 is 17.1 Å². The highest BCUT2D eigenvalue weighted by atomic mass is 16.2. The van der Waals surface area contributed by atoms with Crippen molar-refractivity contribution < 1.29 is 4.79 Å². The molecule has 3 aromatic rings. The number of para-hydroxylation sites is 1. The van der Waals surface area contributed by atoms with Crippen LogP contribution >= 0.6 is 0 Å². The molecule has 0 saturated carbocycles. The number of hydrogen-bond acceptors (Lipinski definition) is 3. The van der Waals surface area contributed by atoms with Crippen LogP contribution in [0.4, 0.5) is 0 Å². The fourth-order valence-corrected chi connectivity index (χ4v) is 2.56. The summed E-state index contributed by atoms with van der Waals surface area (Å²) in [7, 11) is 0. The first-order chi connectivity index (χ1) is 11.1. The number of hydrogen-bond donors (Lipinski definition) is 1. The third kappa shape index (κ3) is 2.88. The van der Waals surface area contributed by atoms with Crippen molar-refractivity contribution in [3.63, 3.8) is 0 Å². The minimum Gasteiger partial charge on any atom is -0.352 e. The first-order valence-corrected chi connectivity index (χ1v) is 7.49. The highest BCUT2D eigenvalue weighted by molar-refractivity contribution is 5.80.